The van der Waals surface area contributed by atoms with Crippen LogP contribution >= 0.6 is 0 Å². The molecular weight excluding hydrogens is 859 g/mol. The van der Waals surface area contributed by atoms with Gasteiger partial charge < -0.3 is 25.8 Å². The maximum absolute atomic E-state index is 12.7. The van der Waals surface area contributed by atoms with Crippen molar-refractivity contribution in [2.75, 3.05) is 20.3 Å². The highest BCUT2D eigenvalue weighted by Gasteiger charge is 2.25. The van der Waals surface area contributed by atoms with E-state index in [4.69, 9.17) is 19.8 Å². The van der Waals surface area contributed by atoms with Crippen molar-refractivity contribution in [2.24, 2.45) is 11.7 Å². The second kappa shape index (κ2) is 29.1. The molecule has 5 aromatic rings. The number of carbonyl (C=O) groups is 5. The molecule has 0 aliphatic rings. The zero-order valence-corrected chi connectivity index (χ0v) is 38.7. The second-order valence-corrected chi connectivity index (χ2v) is 17.0. The number of esters is 2. The Balaban J connectivity index is 0.000000294. The summed E-state index contributed by atoms with van der Waals surface area (Å²) in [5.74, 6) is -2.16. The van der Waals surface area contributed by atoms with E-state index in [0.29, 0.717) is 25.9 Å². The van der Waals surface area contributed by atoms with E-state index in [1.54, 1.807) is 19.2 Å². The Kier molecular flexibility index (Phi) is 23.7. The van der Waals surface area contributed by atoms with Crippen LogP contribution in [-0.2, 0) is 69.2 Å². The van der Waals surface area contributed by atoms with Gasteiger partial charge in [-0.2, -0.15) is 8.42 Å². The molecule has 0 aromatic heterocycles. The van der Waals surface area contributed by atoms with Gasteiger partial charge in [-0.05, 0) is 87.0 Å². The van der Waals surface area contributed by atoms with Gasteiger partial charge in [-0.25, -0.2) is 4.79 Å². The number of rotatable bonds is 21. The zero-order valence-electron chi connectivity index (χ0n) is 37.9. The smallest absolute Gasteiger partial charge is 0.329 e. The summed E-state index contributed by atoms with van der Waals surface area (Å²) in [5, 5.41) is 5.50. The highest BCUT2D eigenvalue weighted by atomic mass is 32.2. The van der Waals surface area contributed by atoms with E-state index >= 15 is 0 Å². The lowest BCUT2D eigenvalue weighted by atomic mass is 10.0. The molecule has 0 saturated carbocycles. The van der Waals surface area contributed by atoms with E-state index in [2.05, 4.69) is 22.8 Å². The molecule has 5 N–H and O–H groups in total. The number of likely N-dealkylation sites (N-methyl/N-ethyl adjacent to an activating group) is 1. The third-order valence-electron chi connectivity index (χ3n) is 9.91. The van der Waals surface area contributed by atoms with Gasteiger partial charge in [0.1, 0.15) is 6.04 Å². The molecule has 5 rings (SSSR count). The number of aryl methyl sites for hydroxylation is 1. The predicted octanol–water partition coefficient (Wildman–Crippen LogP) is 6.41. The summed E-state index contributed by atoms with van der Waals surface area (Å²) in [4.78, 5) is 60.4. The Morgan fingerprint density at radius 1 is 0.636 bits per heavy atom. The first-order valence-electron chi connectivity index (χ1n) is 21.5. The van der Waals surface area contributed by atoms with Crippen molar-refractivity contribution < 1.29 is 46.4 Å². The summed E-state index contributed by atoms with van der Waals surface area (Å²) in [5.41, 5.74) is 11.2. The number of hydrogen-bond acceptors (Lipinski definition) is 11. The summed E-state index contributed by atoms with van der Waals surface area (Å²) in [6.45, 7) is 5.03. The van der Waals surface area contributed by atoms with E-state index in [1.807, 2.05) is 123 Å². The van der Waals surface area contributed by atoms with Crippen molar-refractivity contribution in [3.8, 4) is 0 Å². The van der Waals surface area contributed by atoms with Gasteiger partial charge >= 0.3 is 11.9 Å². The Bertz CT molecular complexity index is 2380. The summed E-state index contributed by atoms with van der Waals surface area (Å²) < 4.78 is 40.2. The average Bonchev–Trinajstić information content (AvgIpc) is 3.30. The lowest BCUT2D eigenvalue weighted by Gasteiger charge is -2.19. The molecule has 1 amide bonds. The molecule has 0 spiro atoms. The molecule has 0 aliphatic heterocycles. The largest absolute Gasteiger partial charge is 0.465 e. The Morgan fingerprint density at radius 2 is 1.09 bits per heavy atom. The zero-order chi connectivity index (χ0) is 48.3. The second-order valence-electron chi connectivity index (χ2n) is 15.6. The first-order chi connectivity index (χ1) is 31.5. The fourth-order valence-electron chi connectivity index (χ4n) is 6.26. The number of benzene rings is 5. The van der Waals surface area contributed by atoms with Crippen LogP contribution in [0.3, 0.4) is 0 Å². The van der Waals surface area contributed by atoms with Gasteiger partial charge in [0.05, 0.1) is 23.5 Å². The van der Waals surface area contributed by atoms with Crippen molar-refractivity contribution in [2.45, 2.75) is 75.9 Å². The van der Waals surface area contributed by atoms with E-state index in [1.165, 1.54) is 24.6 Å². The number of ketones is 2. The molecule has 0 fully saturated rings. The Labute approximate surface area is 388 Å². The molecule has 66 heavy (non-hydrogen) atoms. The molecule has 5 aromatic carbocycles. The Morgan fingerprint density at radius 3 is 1.55 bits per heavy atom. The van der Waals surface area contributed by atoms with Crippen molar-refractivity contribution in [1.29, 1.82) is 0 Å². The maximum Gasteiger partial charge on any atom is 0.329 e. The standard InChI is InChI=1S/C25H28N2O5.C20H25NO2.C7H8O3S/c1-18(28)13-14-24(30)27-22(16-20-11-7-4-8-12-20)25(31)32-17-23(29)21(26-2)15-19-9-5-3-6-10-19;1-16(14-17-8-4-2-5-9-17)20(22)23-13-12-19(21)15-18-10-6-3-7-11-18;1-6-2-4-7(5-3-6)11(8,9)10/h3-14,21-22,26H,15-17H2,1-2H3,(H,27,30);2-11,16,19H,12-15,21H2,1H3;2-5H,1H3,(H,8,9,10). The average molecular weight is 920 g/mol. The molecule has 0 bridgehead atoms. The topological polar surface area (TPSA) is 208 Å². The number of hydrogen-bond donors (Lipinski definition) is 4. The number of ether oxygens (including phenoxy) is 2. The van der Waals surface area contributed by atoms with E-state index in [9.17, 15) is 32.4 Å². The summed E-state index contributed by atoms with van der Waals surface area (Å²) in [6.07, 6.45) is 5.02. The number of amides is 1. The van der Waals surface area contributed by atoms with Gasteiger partial charge in [0.15, 0.2) is 18.2 Å². The minimum atomic E-state index is -4.02. The van der Waals surface area contributed by atoms with Crippen LogP contribution in [0.4, 0.5) is 0 Å². The quantitative estimate of drug-likeness (QED) is 0.0358. The summed E-state index contributed by atoms with van der Waals surface area (Å²) in [7, 11) is -2.35. The van der Waals surface area contributed by atoms with Crippen LogP contribution in [0.2, 0.25) is 0 Å². The third kappa shape index (κ3) is 21.9. The molecule has 0 radical (unpaired) electrons. The summed E-state index contributed by atoms with van der Waals surface area (Å²) in [6, 6.07) is 43.3. The monoisotopic (exact) mass is 919 g/mol. The van der Waals surface area contributed by atoms with Crippen LogP contribution in [0.5, 0.6) is 0 Å². The van der Waals surface area contributed by atoms with Crippen LogP contribution in [0.15, 0.2) is 163 Å². The number of nitrogens with two attached hydrogens (primary N) is 1. The van der Waals surface area contributed by atoms with Crippen molar-refractivity contribution in [1.82, 2.24) is 10.6 Å². The molecular formula is C52H61N3O10S. The van der Waals surface area contributed by atoms with Crippen LogP contribution in [-0.4, -0.2) is 80.8 Å². The van der Waals surface area contributed by atoms with Crippen LogP contribution in [0.1, 0.15) is 48.1 Å². The number of Topliss-reactive ketones (excluding diaryl/α,β-unsaturated/α-hetero) is 1. The SMILES string of the molecule is CC(Cc1ccccc1)C(=O)OCCC(N)Cc1ccccc1.CNC(Cc1ccccc1)C(=O)COC(=O)C(Cc1ccccc1)NC(=O)C=CC(C)=O.Cc1ccc(S(=O)(=O)O)cc1. The van der Waals surface area contributed by atoms with Crippen molar-refractivity contribution in [3.63, 3.8) is 0 Å². The van der Waals surface area contributed by atoms with Gasteiger partial charge in [0.25, 0.3) is 10.1 Å². The lowest BCUT2D eigenvalue weighted by Crippen LogP contribution is -2.44. The lowest BCUT2D eigenvalue weighted by molar-refractivity contribution is -0.151. The number of carbonyl (C=O) groups excluding carboxylic acids is 5. The van der Waals surface area contributed by atoms with Crippen LogP contribution in [0.25, 0.3) is 0 Å². The van der Waals surface area contributed by atoms with Gasteiger partial charge in [-0.15, -0.1) is 0 Å². The molecule has 0 heterocycles. The first kappa shape index (κ1) is 53.8. The minimum absolute atomic E-state index is 0.00892. The predicted molar refractivity (Wildman–Crippen MR) is 255 cm³/mol. The molecule has 4 unspecified atom stereocenters. The van der Waals surface area contributed by atoms with Crippen molar-refractivity contribution >= 4 is 39.5 Å². The molecule has 0 aliphatic carbocycles. The van der Waals surface area contributed by atoms with Gasteiger partial charge in [-0.1, -0.05) is 146 Å². The van der Waals surface area contributed by atoms with E-state index < -0.39 is 40.7 Å². The fourth-order valence-corrected chi connectivity index (χ4v) is 6.74. The molecule has 4 atom stereocenters. The van der Waals surface area contributed by atoms with Gasteiger partial charge in [0, 0.05) is 18.5 Å². The van der Waals surface area contributed by atoms with E-state index in [0.717, 1.165) is 40.8 Å². The molecule has 0 saturated heterocycles. The van der Waals surface area contributed by atoms with Gasteiger partial charge in [-0.3, -0.25) is 23.7 Å². The number of allylic oxidation sites excluding steroid dienone is 1. The Hall–Kier alpha value is -6.58. The maximum atomic E-state index is 12.7. The van der Waals surface area contributed by atoms with Gasteiger partial charge in [0.2, 0.25) is 5.91 Å². The fraction of sp³-hybridized carbons (Fsp3) is 0.288. The minimum Gasteiger partial charge on any atom is -0.465 e. The first-order valence-corrected chi connectivity index (χ1v) is 23.0. The third-order valence-corrected chi connectivity index (χ3v) is 10.8. The van der Waals surface area contributed by atoms with E-state index in [-0.39, 0.29) is 40.8 Å². The van der Waals surface area contributed by atoms with Crippen LogP contribution in [0, 0.1) is 12.8 Å². The normalized spacial score (nSPS) is 12.7. The summed E-state index contributed by atoms with van der Waals surface area (Å²) >= 11 is 0. The molecule has 14 heteroatoms. The molecule has 13 nitrogen and oxygen atoms in total. The molecule has 350 valence electrons. The number of nitrogens with one attached hydrogen (secondary N) is 2. The van der Waals surface area contributed by atoms with Crippen LogP contribution < -0.4 is 16.4 Å². The highest BCUT2D eigenvalue weighted by molar-refractivity contribution is 7.85. The highest BCUT2D eigenvalue weighted by Crippen LogP contribution is 2.12. The van der Waals surface area contributed by atoms with Crippen molar-refractivity contribution in [3.05, 3.63) is 186 Å².